The smallest absolute Gasteiger partial charge is 0.164 e. The summed E-state index contributed by atoms with van der Waals surface area (Å²) in [6.07, 6.45) is 6.15. The van der Waals surface area contributed by atoms with Crippen LogP contribution in [0.25, 0.3) is 38.0 Å². The molecule has 0 saturated carbocycles. The van der Waals surface area contributed by atoms with Crippen molar-refractivity contribution in [2.24, 2.45) is 15.8 Å². The molecular formula is C44H46IrN2O2S2-2. The molecule has 4 nitrogen and oxygen atoms in total. The van der Waals surface area contributed by atoms with Gasteiger partial charge in [-0.3, -0.25) is 4.79 Å². The van der Waals surface area contributed by atoms with E-state index in [1.165, 1.54) is 33.0 Å². The van der Waals surface area contributed by atoms with Crippen molar-refractivity contribution in [3.8, 4) is 21.0 Å². The summed E-state index contributed by atoms with van der Waals surface area (Å²) in [7, 11) is 0. The Labute approximate surface area is 325 Å². The summed E-state index contributed by atoms with van der Waals surface area (Å²) in [5.41, 5.74) is 6.96. The second-order valence-corrected chi connectivity index (χ2v) is 16.4. The predicted molar refractivity (Wildman–Crippen MR) is 216 cm³/mol. The fourth-order valence-electron chi connectivity index (χ4n) is 4.70. The number of aliphatic hydroxyl groups is 1. The number of ketones is 1. The van der Waals surface area contributed by atoms with Crippen LogP contribution in [0.1, 0.15) is 70.2 Å². The largest absolute Gasteiger partial charge is 0.512 e. The van der Waals surface area contributed by atoms with E-state index in [9.17, 15) is 9.90 Å². The van der Waals surface area contributed by atoms with Gasteiger partial charge in [0.15, 0.2) is 5.78 Å². The zero-order valence-electron chi connectivity index (χ0n) is 30.7. The van der Waals surface area contributed by atoms with E-state index in [-0.39, 0.29) is 37.1 Å². The van der Waals surface area contributed by atoms with Crippen molar-refractivity contribution in [3.63, 3.8) is 0 Å². The Balaban J connectivity index is 0.000000215. The molecule has 1 N–H and O–H groups in total. The Morgan fingerprint density at radius 1 is 0.902 bits per heavy atom. The first-order valence-electron chi connectivity index (χ1n) is 16.5. The zero-order valence-corrected chi connectivity index (χ0v) is 34.7. The minimum absolute atomic E-state index is 0. The fraction of sp³-hybridized carbons (Fsp3) is 0.250. The molecule has 0 unspecified atom stereocenters. The molecule has 267 valence electrons. The number of carbonyl (C=O) groups is 1. The minimum atomic E-state index is -0.417. The molecule has 0 saturated heterocycles. The Kier molecular flexibility index (Phi) is 14.6. The monoisotopic (exact) mass is 891 g/mol. The average molecular weight is 891 g/mol. The number of aromatic nitrogens is 1. The first-order valence-corrected chi connectivity index (χ1v) is 18.2. The molecule has 51 heavy (non-hydrogen) atoms. The SMILES string of the molecule is C=Cc1c[c-]c(C2=NC(=C)CC(C)=C2)s1.CC(C)(C)C(=O)/C=C(\O)C(C)(C)C.Cc1cc(-c2[c-]cc(-c3ccccc3)s2)nc2ccccc12.[Ir]. The summed E-state index contributed by atoms with van der Waals surface area (Å²) in [5, 5.41) is 10.8. The molecule has 4 heterocycles. The first kappa shape index (κ1) is 41.4. The second kappa shape index (κ2) is 18.0. The van der Waals surface area contributed by atoms with Crippen LogP contribution in [0.4, 0.5) is 0 Å². The number of benzene rings is 2. The van der Waals surface area contributed by atoms with Crippen LogP contribution >= 0.6 is 22.7 Å². The molecule has 0 bridgehead atoms. The molecule has 1 aliphatic heterocycles. The van der Waals surface area contributed by atoms with Gasteiger partial charge in [-0.05, 0) is 31.3 Å². The quantitative estimate of drug-likeness (QED) is 0.109. The van der Waals surface area contributed by atoms with E-state index >= 15 is 0 Å². The third-order valence-electron chi connectivity index (χ3n) is 7.68. The van der Waals surface area contributed by atoms with Crippen molar-refractivity contribution < 1.29 is 30.0 Å². The molecular weight excluding hydrogens is 845 g/mol. The molecule has 0 spiro atoms. The van der Waals surface area contributed by atoms with Crippen LogP contribution < -0.4 is 0 Å². The number of hydrogen-bond acceptors (Lipinski definition) is 6. The van der Waals surface area contributed by atoms with Gasteiger partial charge >= 0.3 is 0 Å². The number of rotatable bonds is 5. The molecule has 5 aromatic rings. The number of para-hydroxylation sites is 1. The van der Waals surface area contributed by atoms with E-state index in [1.54, 1.807) is 22.7 Å². The maximum Gasteiger partial charge on any atom is 0.164 e. The zero-order chi connectivity index (χ0) is 36.6. The normalized spacial score (nSPS) is 13.1. The van der Waals surface area contributed by atoms with Gasteiger partial charge in [0, 0.05) is 54.5 Å². The van der Waals surface area contributed by atoms with E-state index < -0.39 is 5.41 Å². The standard InChI is InChI=1S/C20H14NS.C13H12NS.C11H20O2.Ir/c1-14-13-18(21-17-10-6-5-9-16(14)17)20-12-11-19(22-20)15-7-3-2-4-8-15;1-4-11-5-6-13(15-11)12-8-9(2)7-10(3)14-12;1-10(2,3)8(12)7-9(13)11(4,5)6;/h2-11,13H,1H3;4-5,8H,1,3,7H2,2H3;7,12H,1-6H3;/q2*-1;;/b;;8-7-;. The summed E-state index contributed by atoms with van der Waals surface area (Å²) in [4.78, 5) is 25.2. The number of thiophene rings is 2. The van der Waals surface area contributed by atoms with Gasteiger partial charge in [0.1, 0.15) is 5.76 Å². The number of hydrogen-bond donors (Lipinski definition) is 1. The fourth-order valence-corrected chi connectivity index (χ4v) is 6.38. The van der Waals surface area contributed by atoms with Crippen molar-refractivity contribution in [1.82, 2.24) is 4.98 Å². The second-order valence-electron chi connectivity index (χ2n) is 14.2. The van der Waals surface area contributed by atoms with Gasteiger partial charge in [-0.25, -0.2) is 22.7 Å². The number of aliphatic imine (C=N–C) groups is 1. The molecule has 1 radical (unpaired) electrons. The van der Waals surface area contributed by atoms with Crippen LogP contribution in [-0.2, 0) is 24.9 Å². The molecule has 6 rings (SSSR count). The third kappa shape index (κ3) is 11.8. The van der Waals surface area contributed by atoms with Gasteiger partial charge in [-0.1, -0.05) is 145 Å². The summed E-state index contributed by atoms with van der Waals surface area (Å²) < 4.78 is 0. The number of nitrogens with zero attached hydrogens (tertiary/aromatic N) is 2. The number of aliphatic hydroxyl groups excluding tert-OH is 1. The molecule has 0 aliphatic carbocycles. The summed E-state index contributed by atoms with van der Waals surface area (Å²) >= 11 is 3.39. The number of carbonyl (C=O) groups excluding carboxylic acids is 1. The van der Waals surface area contributed by atoms with Crippen molar-refractivity contribution in [2.45, 2.75) is 61.8 Å². The summed E-state index contributed by atoms with van der Waals surface area (Å²) in [5.74, 6) is 0.104. The van der Waals surface area contributed by atoms with Crippen molar-refractivity contribution in [1.29, 1.82) is 0 Å². The molecule has 3 aromatic heterocycles. The molecule has 1 aliphatic rings. The number of allylic oxidation sites excluding steroid dienone is 4. The molecule has 0 fully saturated rings. The van der Waals surface area contributed by atoms with Gasteiger partial charge in [0.2, 0.25) is 0 Å². The van der Waals surface area contributed by atoms with Gasteiger partial charge in [-0.2, -0.15) is 24.3 Å². The number of dihydropyridines is 1. The molecule has 0 atom stereocenters. The maximum absolute atomic E-state index is 11.5. The Bertz CT molecular complexity index is 2080. The average Bonchev–Trinajstić information content (AvgIpc) is 3.76. The predicted octanol–water partition coefficient (Wildman–Crippen LogP) is 12.7. The van der Waals surface area contributed by atoms with Crippen molar-refractivity contribution in [3.05, 3.63) is 143 Å². The van der Waals surface area contributed by atoms with Crippen LogP contribution in [0.3, 0.4) is 0 Å². The van der Waals surface area contributed by atoms with Crippen LogP contribution in [0.5, 0.6) is 0 Å². The molecule has 0 amide bonds. The van der Waals surface area contributed by atoms with Crippen LogP contribution in [0.2, 0.25) is 0 Å². The first-order chi connectivity index (χ1) is 23.5. The topological polar surface area (TPSA) is 62.5 Å². The van der Waals surface area contributed by atoms with E-state index in [1.807, 2.05) is 65.8 Å². The number of fused-ring (bicyclic) bond motifs is 1. The van der Waals surface area contributed by atoms with Gasteiger partial charge in [0.05, 0.1) is 5.52 Å². The maximum atomic E-state index is 11.5. The Hall–Kier alpha value is -4.00. The van der Waals surface area contributed by atoms with Crippen LogP contribution in [0.15, 0.2) is 120 Å². The minimum Gasteiger partial charge on any atom is -0.512 e. The summed E-state index contributed by atoms with van der Waals surface area (Å²) in [6, 6.07) is 31.4. The summed E-state index contributed by atoms with van der Waals surface area (Å²) in [6.45, 7) is 23.0. The van der Waals surface area contributed by atoms with Crippen LogP contribution in [0, 0.1) is 29.9 Å². The van der Waals surface area contributed by atoms with Crippen LogP contribution in [-0.4, -0.2) is 21.6 Å². The van der Waals surface area contributed by atoms with Gasteiger partial charge in [0.25, 0.3) is 0 Å². The van der Waals surface area contributed by atoms with Crippen molar-refractivity contribution >= 4 is 51.1 Å². The Morgan fingerprint density at radius 3 is 2.16 bits per heavy atom. The van der Waals surface area contributed by atoms with E-state index in [0.29, 0.717) is 0 Å². The van der Waals surface area contributed by atoms with Gasteiger partial charge in [-0.15, -0.1) is 12.7 Å². The van der Waals surface area contributed by atoms with E-state index in [4.69, 9.17) is 4.98 Å². The molecule has 7 heteroatoms. The third-order valence-corrected chi connectivity index (χ3v) is 9.84. The number of pyridine rings is 1. The number of aryl methyl sites for hydroxylation is 1. The van der Waals surface area contributed by atoms with E-state index in [2.05, 4.69) is 105 Å². The Morgan fingerprint density at radius 2 is 1.55 bits per heavy atom. The van der Waals surface area contributed by atoms with Gasteiger partial charge < -0.3 is 15.1 Å². The van der Waals surface area contributed by atoms with E-state index in [0.717, 1.165) is 43.7 Å². The molecule has 2 aromatic carbocycles. The van der Waals surface area contributed by atoms with Crippen molar-refractivity contribution in [2.75, 3.05) is 0 Å².